The smallest absolute Gasteiger partial charge is 0.251 e. The number of rotatable bonds is 6. The van der Waals surface area contributed by atoms with Crippen molar-refractivity contribution in [1.82, 2.24) is 5.32 Å². The summed E-state index contributed by atoms with van der Waals surface area (Å²) in [4.78, 5) is 12.0. The average Bonchev–Trinajstić information content (AvgIpc) is 3.41. The van der Waals surface area contributed by atoms with Gasteiger partial charge in [-0.2, -0.15) is 0 Å². The molecule has 1 atom stereocenters. The molecule has 126 valence electrons. The number of nitrogens with two attached hydrogens (primary N) is 1. The standard InChI is InChI=1S/C18H18F2N2O2/c19-15-8-7-14(9-16(15)20)24-13-5-3-12(4-6-13)18(23)22-10-17(21)11-1-2-11/h3-9,11,17H,1-2,10,21H2,(H,22,23). The van der Waals surface area contributed by atoms with Crippen LogP contribution < -0.4 is 15.8 Å². The number of halogens is 2. The molecular weight excluding hydrogens is 314 g/mol. The van der Waals surface area contributed by atoms with Gasteiger partial charge < -0.3 is 15.8 Å². The van der Waals surface area contributed by atoms with Crippen molar-refractivity contribution in [2.75, 3.05) is 6.54 Å². The first-order valence-corrected chi connectivity index (χ1v) is 7.79. The van der Waals surface area contributed by atoms with Crippen molar-refractivity contribution < 1.29 is 18.3 Å². The monoisotopic (exact) mass is 332 g/mol. The summed E-state index contributed by atoms with van der Waals surface area (Å²) in [5.41, 5.74) is 6.43. The van der Waals surface area contributed by atoms with Crippen molar-refractivity contribution in [1.29, 1.82) is 0 Å². The molecule has 1 aliphatic carbocycles. The molecule has 0 spiro atoms. The Hall–Kier alpha value is -2.47. The van der Waals surface area contributed by atoms with Crippen molar-refractivity contribution >= 4 is 5.91 Å². The molecule has 0 aliphatic heterocycles. The van der Waals surface area contributed by atoms with Gasteiger partial charge in [-0.15, -0.1) is 0 Å². The Balaban J connectivity index is 1.57. The van der Waals surface area contributed by atoms with Crippen LogP contribution >= 0.6 is 0 Å². The number of hydrogen-bond donors (Lipinski definition) is 2. The topological polar surface area (TPSA) is 64.3 Å². The zero-order chi connectivity index (χ0) is 17.1. The summed E-state index contributed by atoms with van der Waals surface area (Å²) in [5.74, 6) is -0.981. The lowest BCUT2D eigenvalue weighted by Crippen LogP contribution is -2.38. The molecule has 24 heavy (non-hydrogen) atoms. The van der Waals surface area contributed by atoms with Gasteiger partial charge in [-0.1, -0.05) is 0 Å². The van der Waals surface area contributed by atoms with Crippen LogP contribution in [0.5, 0.6) is 11.5 Å². The second-order valence-corrected chi connectivity index (χ2v) is 5.91. The Bertz CT molecular complexity index is 730. The fourth-order valence-electron chi connectivity index (χ4n) is 2.35. The van der Waals surface area contributed by atoms with Gasteiger partial charge in [0.1, 0.15) is 11.5 Å². The lowest BCUT2D eigenvalue weighted by Gasteiger charge is -2.12. The van der Waals surface area contributed by atoms with Crippen LogP contribution in [-0.4, -0.2) is 18.5 Å². The van der Waals surface area contributed by atoms with Gasteiger partial charge in [-0.05, 0) is 55.2 Å². The minimum absolute atomic E-state index is 0.00456. The van der Waals surface area contributed by atoms with E-state index in [0.29, 0.717) is 23.8 Å². The van der Waals surface area contributed by atoms with Crippen LogP contribution in [0.25, 0.3) is 0 Å². The van der Waals surface area contributed by atoms with E-state index in [-0.39, 0.29) is 17.7 Å². The van der Waals surface area contributed by atoms with Crippen molar-refractivity contribution in [3.63, 3.8) is 0 Å². The van der Waals surface area contributed by atoms with Gasteiger partial charge in [0, 0.05) is 24.2 Å². The predicted octanol–water partition coefficient (Wildman–Crippen LogP) is 3.22. The van der Waals surface area contributed by atoms with E-state index in [2.05, 4.69) is 5.32 Å². The molecule has 3 rings (SSSR count). The first-order valence-electron chi connectivity index (χ1n) is 7.79. The first kappa shape index (κ1) is 16.4. The molecule has 1 aliphatic rings. The zero-order valence-electron chi connectivity index (χ0n) is 13.0. The molecule has 0 heterocycles. The van der Waals surface area contributed by atoms with Crippen molar-refractivity contribution in [2.24, 2.45) is 11.7 Å². The lowest BCUT2D eigenvalue weighted by molar-refractivity contribution is 0.0950. The summed E-state index contributed by atoms with van der Waals surface area (Å²) in [6.45, 7) is 0.455. The van der Waals surface area contributed by atoms with E-state index in [1.807, 2.05) is 0 Å². The number of ether oxygens (including phenoxy) is 1. The molecule has 2 aromatic rings. The summed E-state index contributed by atoms with van der Waals surface area (Å²) in [6.07, 6.45) is 2.26. The molecule has 3 N–H and O–H groups in total. The van der Waals surface area contributed by atoms with Crippen molar-refractivity contribution in [3.05, 3.63) is 59.7 Å². The van der Waals surface area contributed by atoms with E-state index < -0.39 is 11.6 Å². The Morgan fingerprint density at radius 2 is 1.79 bits per heavy atom. The highest BCUT2D eigenvalue weighted by Crippen LogP contribution is 2.31. The maximum Gasteiger partial charge on any atom is 0.251 e. The molecule has 4 nitrogen and oxygen atoms in total. The quantitative estimate of drug-likeness (QED) is 0.854. The van der Waals surface area contributed by atoms with Gasteiger partial charge in [0.25, 0.3) is 5.91 Å². The Labute approximate surface area is 138 Å². The molecule has 6 heteroatoms. The maximum atomic E-state index is 13.1. The van der Waals surface area contributed by atoms with Crippen LogP contribution in [0.15, 0.2) is 42.5 Å². The Kier molecular flexibility index (Phi) is 4.76. The van der Waals surface area contributed by atoms with Crippen LogP contribution in [0.1, 0.15) is 23.2 Å². The Morgan fingerprint density at radius 3 is 2.42 bits per heavy atom. The summed E-state index contributed by atoms with van der Waals surface area (Å²) in [7, 11) is 0. The van der Waals surface area contributed by atoms with Gasteiger partial charge in [-0.3, -0.25) is 4.79 Å². The molecule has 1 fully saturated rings. The van der Waals surface area contributed by atoms with Gasteiger partial charge >= 0.3 is 0 Å². The Morgan fingerprint density at radius 1 is 1.12 bits per heavy atom. The third-order valence-corrected chi connectivity index (χ3v) is 3.97. The van der Waals surface area contributed by atoms with Crippen LogP contribution in [0.4, 0.5) is 8.78 Å². The van der Waals surface area contributed by atoms with Crippen LogP contribution in [0.3, 0.4) is 0 Å². The fraction of sp³-hybridized carbons (Fsp3) is 0.278. The maximum absolute atomic E-state index is 13.1. The fourth-order valence-corrected chi connectivity index (χ4v) is 2.35. The van der Waals surface area contributed by atoms with E-state index in [4.69, 9.17) is 10.5 Å². The molecule has 1 unspecified atom stereocenters. The summed E-state index contributed by atoms with van der Waals surface area (Å²) >= 11 is 0. The molecule has 1 saturated carbocycles. The number of amides is 1. The molecule has 2 aromatic carbocycles. The van der Waals surface area contributed by atoms with Crippen LogP contribution in [0.2, 0.25) is 0 Å². The molecule has 0 aromatic heterocycles. The SMILES string of the molecule is NC(CNC(=O)c1ccc(Oc2ccc(F)c(F)c2)cc1)C1CC1. The lowest BCUT2D eigenvalue weighted by atomic mass is 10.1. The second-order valence-electron chi connectivity index (χ2n) is 5.91. The minimum atomic E-state index is -0.976. The van der Waals surface area contributed by atoms with E-state index in [0.717, 1.165) is 25.0 Å². The van der Waals surface area contributed by atoms with E-state index in [1.165, 1.54) is 6.07 Å². The van der Waals surface area contributed by atoms with Crippen molar-refractivity contribution in [3.8, 4) is 11.5 Å². The van der Waals surface area contributed by atoms with Gasteiger partial charge in [0.15, 0.2) is 11.6 Å². The van der Waals surface area contributed by atoms with Crippen LogP contribution in [0, 0.1) is 17.6 Å². The van der Waals surface area contributed by atoms with Gasteiger partial charge in [0.05, 0.1) is 0 Å². The number of benzene rings is 2. The first-order chi connectivity index (χ1) is 11.5. The highest BCUT2D eigenvalue weighted by atomic mass is 19.2. The summed E-state index contributed by atoms with van der Waals surface area (Å²) in [6, 6.07) is 9.70. The zero-order valence-corrected chi connectivity index (χ0v) is 13.0. The summed E-state index contributed by atoms with van der Waals surface area (Å²) < 4.78 is 31.5. The van der Waals surface area contributed by atoms with E-state index in [9.17, 15) is 13.6 Å². The summed E-state index contributed by atoms with van der Waals surface area (Å²) in [5, 5.41) is 2.81. The van der Waals surface area contributed by atoms with E-state index >= 15 is 0 Å². The van der Waals surface area contributed by atoms with Crippen LogP contribution in [-0.2, 0) is 0 Å². The van der Waals surface area contributed by atoms with Gasteiger partial charge in [0.2, 0.25) is 0 Å². The molecule has 1 amide bonds. The highest BCUT2D eigenvalue weighted by Gasteiger charge is 2.28. The third kappa shape index (κ3) is 4.08. The minimum Gasteiger partial charge on any atom is -0.457 e. The third-order valence-electron chi connectivity index (χ3n) is 3.97. The number of hydrogen-bond acceptors (Lipinski definition) is 3. The van der Waals surface area contributed by atoms with Gasteiger partial charge in [-0.25, -0.2) is 8.78 Å². The largest absolute Gasteiger partial charge is 0.457 e. The number of nitrogens with one attached hydrogen (secondary N) is 1. The molecular formula is C18H18F2N2O2. The predicted molar refractivity (Wildman–Crippen MR) is 85.9 cm³/mol. The number of carbonyl (C=O) groups is 1. The molecule has 0 saturated heterocycles. The van der Waals surface area contributed by atoms with Crippen molar-refractivity contribution in [2.45, 2.75) is 18.9 Å². The highest BCUT2D eigenvalue weighted by molar-refractivity contribution is 5.94. The number of carbonyl (C=O) groups excluding carboxylic acids is 1. The normalized spacial score (nSPS) is 15.0. The average molecular weight is 332 g/mol. The molecule has 0 bridgehead atoms. The second kappa shape index (κ2) is 6.97. The van der Waals surface area contributed by atoms with E-state index in [1.54, 1.807) is 24.3 Å². The molecule has 0 radical (unpaired) electrons.